The van der Waals surface area contributed by atoms with Crippen molar-refractivity contribution in [3.05, 3.63) is 0 Å². The van der Waals surface area contributed by atoms with Gasteiger partial charge in [0.05, 0.1) is 6.61 Å². The van der Waals surface area contributed by atoms with Gasteiger partial charge in [-0.25, -0.2) is 9.69 Å². The van der Waals surface area contributed by atoms with E-state index < -0.39 is 11.6 Å². The molecule has 19 heavy (non-hydrogen) atoms. The van der Waals surface area contributed by atoms with E-state index in [1.807, 2.05) is 27.7 Å². The average Bonchev–Trinajstić information content (AvgIpc) is 2.20. The zero-order valence-corrected chi connectivity index (χ0v) is 13.0. The lowest BCUT2D eigenvalue weighted by molar-refractivity contribution is -0.131. The maximum absolute atomic E-state index is 12.1. The number of carbonyl (C=O) groups is 2. The number of nitrogens with zero attached hydrogens (tertiary/aromatic N) is 1. The molecule has 0 heterocycles. The van der Waals surface area contributed by atoms with E-state index in [1.54, 1.807) is 13.8 Å². The first-order valence-corrected chi connectivity index (χ1v) is 6.79. The van der Waals surface area contributed by atoms with Crippen molar-refractivity contribution >= 4 is 12.0 Å². The molecule has 0 aliphatic carbocycles. The molecule has 2 amide bonds. The number of amides is 2. The molecule has 0 aromatic heterocycles. The predicted octanol–water partition coefficient (Wildman–Crippen LogP) is 2.39. The molecule has 0 unspecified atom stereocenters. The predicted molar refractivity (Wildman–Crippen MR) is 75.6 cm³/mol. The lowest BCUT2D eigenvalue weighted by Gasteiger charge is -2.28. The van der Waals surface area contributed by atoms with Gasteiger partial charge >= 0.3 is 6.09 Å². The van der Waals surface area contributed by atoms with Gasteiger partial charge < -0.3 is 10.5 Å². The maximum Gasteiger partial charge on any atom is 0.416 e. The highest BCUT2D eigenvalue weighted by Crippen LogP contribution is 2.10. The van der Waals surface area contributed by atoms with Crippen molar-refractivity contribution in [3.63, 3.8) is 0 Å². The molecule has 0 aromatic carbocycles. The van der Waals surface area contributed by atoms with E-state index in [2.05, 4.69) is 0 Å². The quantitative estimate of drug-likeness (QED) is 0.805. The van der Waals surface area contributed by atoms with Crippen LogP contribution in [0.15, 0.2) is 0 Å². The SMILES string of the molecule is CC(C)COC(=O)N(CC(C)(C)N)C(=O)CC(C)C. The Bertz CT molecular complexity index is 306. The standard InChI is InChI=1S/C14H28N2O3/c1-10(2)7-12(17)16(9-14(5,6)15)13(18)19-8-11(3)4/h10-11H,7-9,15H2,1-6H3. The normalized spacial score (nSPS) is 11.8. The van der Waals surface area contributed by atoms with E-state index in [0.717, 1.165) is 4.90 Å². The summed E-state index contributed by atoms with van der Waals surface area (Å²) in [5, 5.41) is 0. The summed E-state index contributed by atoms with van der Waals surface area (Å²) in [4.78, 5) is 25.2. The number of ether oxygens (including phenoxy) is 1. The third-order valence-corrected chi connectivity index (χ3v) is 2.21. The van der Waals surface area contributed by atoms with Gasteiger partial charge in [0.15, 0.2) is 0 Å². The minimum Gasteiger partial charge on any atom is -0.449 e. The van der Waals surface area contributed by atoms with Crippen LogP contribution in [0.3, 0.4) is 0 Å². The summed E-state index contributed by atoms with van der Waals surface area (Å²) in [6.45, 7) is 11.8. The van der Waals surface area contributed by atoms with Crippen molar-refractivity contribution in [2.24, 2.45) is 17.6 Å². The minimum absolute atomic E-state index is 0.162. The molecule has 0 aliphatic rings. The van der Waals surface area contributed by atoms with E-state index in [-0.39, 0.29) is 24.3 Å². The summed E-state index contributed by atoms with van der Waals surface area (Å²) in [6, 6.07) is 0. The second-order valence-electron chi connectivity index (χ2n) is 6.54. The van der Waals surface area contributed by atoms with Crippen molar-refractivity contribution in [1.82, 2.24) is 4.90 Å². The average molecular weight is 272 g/mol. The molecule has 0 spiro atoms. The van der Waals surface area contributed by atoms with Crippen molar-refractivity contribution in [2.45, 2.75) is 53.5 Å². The Morgan fingerprint density at radius 3 is 2.05 bits per heavy atom. The highest BCUT2D eigenvalue weighted by Gasteiger charge is 2.28. The van der Waals surface area contributed by atoms with Gasteiger partial charge in [-0.1, -0.05) is 27.7 Å². The lowest BCUT2D eigenvalue weighted by atomic mass is 10.1. The number of hydrogen-bond donors (Lipinski definition) is 1. The Labute approximate surface area is 116 Å². The number of imide groups is 1. The van der Waals surface area contributed by atoms with Crippen LogP contribution in [0.5, 0.6) is 0 Å². The van der Waals surface area contributed by atoms with Crippen LogP contribution in [-0.2, 0) is 9.53 Å². The first-order chi connectivity index (χ1) is 8.53. The zero-order chi connectivity index (χ0) is 15.2. The molecule has 0 saturated heterocycles. The van der Waals surface area contributed by atoms with Crippen LogP contribution in [-0.4, -0.2) is 35.6 Å². The third kappa shape index (κ3) is 8.59. The van der Waals surface area contributed by atoms with Crippen LogP contribution in [0, 0.1) is 11.8 Å². The number of hydrogen-bond acceptors (Lipinski definition) is 4. The number of rotatable bonds is 6. The molecule has 0 atom stereocenters. The largest absolute Gasteiger partial charge is 0.449 e. The van der Waals surface area contributed by atoms with Crippen LogP contribution < -0.4 is 5.73 Å². The van der Waals surface area contributed by atoms with Gasteiger partial charge in [0, 0.05) is 18.5 Å². The fraction of sp³-hybridized carbons (Fsp3) is 0.857. The van der Waals surface area contributed by atoms with Crippen molar-refractivity contribution < 1.29 is 14.3 Å². The summed E-state index contributed by atoms with van der Waals surface area (Å²) < 4.78 is 5.12. The molecule has 0 aromatic rings. The van der Waals surface area contributed by atoms with Crippen molar-refractivity contribution in [1.29, 1.82) is 0 Å². The van der Waals surface area contributed by atoms with E-state index in [4.69, 9.17) is 10.5 Å². The molecule has 5 heteroatoms. The van der Waals surface area contributed by atoms with E-state index in [9.17, 15) is 9.59 Å². The zero-order valence-electron chi connectivity index (χ0n) is 13.0. The van der Waals surface area contributed by atoms with Gasteiger partial charge in [-0.3, -0.25) is 4.79 Å². The maximum atomic E-state index is 12.1. The molecule has 0 bridgehead atoms. The monoisotopic (exact) mass is 272 g/mol. The van der Waals surface area contributed by atoms with Crippen LogP contribution in [0.1, 0.15) is 48.0 Å². The van der Waals surface area contributed by atoms with Crippen LogP contribution >= 0.6 is 0 Å². The summed E-state index contributed by atoms with van der Waals surface area (Å²) >= 11 is 0. The third-order valence-electron chi connectivity index (χ3n) is 2.21. The van der Waals surface area contributed by atoms with Crippen LogP contribution in [0.25, 0.3) is 0 Å². The molecule has 0 aliphatic heterocycles. The van der Waals surface area contributed by atoms with Crippen LogP contribution in [0.4, 0.5) is 4.79 Å². The second kappa shape index (κ2) is 7.48. The molecule has 0 rings (SSSR count). The molecule has 5 nitrogen and oxygen atoms in total. The van der Waals surface area contributed by atoms with Gasteiger partial charge in [-0.15, -0.1) is 0 Å². The Hall–Kier alpha value is -1.10. The molecule has 2 N–H and O–H groups in total. The van der Waals surface area contributed by atoms with Crippen molar-refractivity contribution in [2.75, 3.05) is 13.2 Å². The molecule has 0 radical (unpaired) electrons. The Balaban J connectivity index is 4.75. The number of nitrogens with two attached hydrogens (primary N) is 1. The number of carbonyl (C=O) groups excluding carboxylic acids is 2. The lowest BCUT2D eigenvalue weighted by Crippen LogP contribution is -2.50. The van der Waals surface area contributed by atoms with Gasteiger partial charge in [-0.05, 0) is 25.7 Å². The fourth-order valence-electron chi connectivity index (χ4n) is 1.44. The Morgan fingerprint density at radius 1 is 1.16 bits per heavy atom. The smallest absolute Gasteiger partial charge is 0.416 e. The summed E-state index contributed by atoms with van der Waals surface area (Å²) in [5.41, 5.74) is 5.26. The Kier molecular flexibility index (Phi) is 7.05. The van der Waals surface area contributed by atoms with E-state index in [0.29, 0.717) is 13.0 Å². The molecule has 0 saturated carbocycles. The van der Waals surface area contributed by atoms with Gasteiger partial charge in [0.25, 0.3) is 0 Å². The molecule has 0 fully saturated rings. The molecular weight excluding hydrogens is 244 g/mol. The van der Waals surface area contributed by atoms with Gasteiger partial charge in [0.1, 0.15) is 0 Å². The highest BCUT2D eigenvalue weighted by atomic mass is 16.6. The Morgan fingerprint density at radius 2 is 1.68 bits per heavy atom. The highest BCUT2D eigenvalue weighted by molar-refractivity contribution is 5.92. The fourth-order valence-corrected chi connectivity index (χ4v) is 1.44. The van der Waals surface area contributed by atoms with Crippen LogP contribution in [0.2, 0.25) is 0 Å². The summed E-state index contributed by atoms with van der Waals surface area (Å²) in [6.07, 6.45) is -0.287. The summed E-state index contributed by atoms with van der Waals surface area (Å²) in [5.74, 6) is 0.188. The first kappa shape index (κ1) is 17.9. The topological polar surface area (TPSA) is 72.6 Å². The van der Waals surface area contributed by atoms with Gasteiger partial charge in [-0.2, -0.15) is 0 Å². The van der Waals surface area contributed by atoms with E-state index in [1.165, 1.54) is 0 Å². The first-order valence-electron chi connectivity index (χ1n) is 6.79. The minimum atomic E-state index is -0.635. The molecular formula is C14H28N2O3. The van der Waals surface area contributed by atoms with Gasteiger partial charge in [0.2, 0.25) is 5.91 Å². The second-order valence-corrected chi connectivity index (χ2v) is 6.54. The summed E-state index contributed by atoms with van der Waals surface area (Å²) in [7, 11) is 0. The molecule has 112 valence electrons. The van der Waals surface area contributed by atoms with E-state index >= 15 is 0 Å². The van der Waals surface area contributed by atoms with Crippen molar-refractivity contribution in [3.8, 4) is 0 Å².